The molecule has 6 nitrogen and oxygen atoms in total. The third-order valence-corrected chi connectivity index (χ3v) is 11.9. The summed E-state index contributed by atoms with van der Waals surface area (Å²) in [7, 11) is 0. The fourth-order valence-electron chi connectivity index (χ4n) is 7.39. The van der Waals surface area contributed by atoms with E-state index in [4.69, 9.17) is 14.2 Å². The Morgan fingerprint density at radius 1 is 0.357 bits per heavy atom. The Bertz CT molecular complexity index is 858. The average Bonchev–Trinajstić information content (AvgIpc) is 3.19. The van der Waals surface area contributed by atoms with E-state index in [0.717, 1.165) is 69.6 Å². The molecule has 3 atom stereocenters. The molecule has 0 saturated heterocycles. The Morgan fingerprint density at radius 2 is 0.625 bits per heavy atom. The van der Waals surface area contributed by atoms with Gasteiger partial charge in [0.1, 0.15) is 13.2 Å². The fourth-order valence-corrected chi connectivity index (χ4v) is 7.39. The van der Waals surface area contributed by atoms with Crippen molar-refractivity contribution in [3.05, 3.63) is 0 Å². The van der Waals surface area contributed by atoms with Crippen molar-refractivity contribution >= 4 is 17.9 Å². The van der Waals surface area contributed by atoms with Crippen LogP contribution in [0.2, 0.25) is 0 Å². The summed E-state index contributed by atoms with van der Waals surface area (Å²) in [6.45, 7) is 11.4. The van der Waals surface area contributed by atoms with E-state index < -0.39 is 6.10 Å². The summed E-state index contributed by atoms with van der Waals surface area (Å²) in [5.74, 6) is 0.849. The summed E-state index contributed by atoms with van der Waals surface area (Å²) in [4.78, 5) is 37.8. The SMILES string of the molecule is CCCCCCCCCCCCC(=O)OC[C@@H](COC(=O)CCCCCCCCCCCCCCCCC(C)CC)OC(=O)CCCCCCCCC(C)CC. The highest BCUT2D eigenvalue weighted by molar-refractivity contribution is 5.71. The minimum Gasteiger partial charge on any atom is -0.462 e. The number of unbranched alkanes of at least 4 members (excludes halogenated alkanes) is 27. The Kier molecular flexibility index (Phi) is 41.8. The van der Waals surface area contributed by atoms with Crippen LogP contribution < -0.4 is 0 Å². The maximum Gasteiger partial charge on any atom is 0.306 e. The highest BCUT2D eigenvalue weighted by Crippen LogP contribution is 2.18. The van der Waals surface area contributed by atoms with Crippen molar-refractivity contribution in [2.24, 2.45) is 11.8 Å². The van der Waals surface area contributed by atoms with Gasteiger partial charge < -0.3 is 14.2 Å². The molecule has 0 saturated carbocycles. The van der Waals surface area contributed by atoms with Crippen LogP contribution in [0.5, 0.6) is 0 Å². The van der Waals surface area contributed by atoms with Gasteiger partial charge in [0.05, 0.1) is 0 Å². The molecule has 56 heavy (non-hydrogen) atoms. The van der Waals surface area contributed by atoms with Crippen molar-refractivity contribution in [3.63, 3.8) is 0 Å². The van der Waals surface area contributed by atoms with Crippen LogP contribution in [-0.4, -0.2) is 37.2 Å². The van der Waals surface area contributed by atoms with Crippen LogP contribution in [0.3, 0.4) is 0 Å². The van der Waals surface area contributed by atoms with Gasteiger partial charge in [-0.15, -0.1) is 0 Å². The lowest BCUT2D eigenvalue weighted by Crippen LogP contribution is -2.30. The molecule has 0 bridgehead atoms. The molecule has 0 aromatic heterocycles. The number of hydrogen-bond acceptors (Lipinski definition) is 6. The Labute approximate surface area is 348 Å². The Hall–Kier alpha value is -1.59. The van der Waals surface area contributed by atoms with E-state index in [2.05, 4.69) is 34.6 Å². The normalized spacial score (nSPS) is 13.0. The summed E-state index contributed by atoms with van der Waals surface area (Å²) in [5.41, 5.74) is 0. The predicted molar refractivity (Wildman–Crippen MR) is 238 cm³/mol. The van der Waals surface area contributed by atoms with E-state index in [1.807, 2.05) is 0 Å². The first-order valence-electron chi connectivity index (χ1n) is 24.8. The van der Waals surface area contributed by atoms with Crippen molar-refractivity contribution in [2.45, 2.75) is 278 Å². The maximum absolute atomic E-state index is 12.7. The molecule has 2 unspecified atom stereocenters. The molecule has 0 aliphatic carbocycles. The highest BCUT2D eigenvalue weighted by atomic mass is 16.6. The van der Waals surface area contributed by atoms with Crippen molar-refractivity contribution in [3.8, 4) is 0 Å². The zero-order chi connectivity index (χ0) is 41.2. The van der Waals surface area contributed by atoms with Gasteiger partial charge in [0.15, 0.2) is 6.10 Å². The zero-order valence-corrected chi connectivity index (χ0v) is 38.3. The van der Waals surface area contributed by atoms with Gasteiger partial charge in [0.2, 0.25) is 0 Å². The minimum atomic E-state index is -0.761. The van der Waals surface area contributed by atoms with E-state index in [1.165, 1.54) is 161 Å². The van der Waals surface area contributed by atoms with Gasteiger partial charge in [0.25, 0.3) is 0 Å². The third-order valence-electron chi connectivity index (χ3n) is 11.9. The van der Waals surface area contributed by atoms with E-state index in [1.54, 1.807) is 0 Å². The predicted octanol–water partition coefficient (Wildman–Crippen LogP) is 15.8. The van der Waals surface area contributed by atoms with E-state index in [0.29, 0.717) is 19.3 Å². The Morgan fingerprint density at radius 3 is 0.929 bits per heavy atom. The molecule has 0 aromatic carbocycles. The van der Waals surface area contributed by atoms with Crippen molar-refractivity contribution < 1.29 is 28.6 Å². The first-order valence-corrected chi connectivity index (χ1v) is 24.8. The second-order valence-electron chi connectivity index (χ2n) is 17.6. The quantitative estimate of drug-likeness (QED) is 0.0347. The van der Waals surface area contributed by atoms with Crippen molar-refractivity contribution in [1.82, 2.24) is 0 Å². The standard InChI is InChI=1S/C50H96O6/c1-6-9-10-11-12-13-21-24-30-35-40-48(51)54-43-47(56-50(53)42-37-32-27-26-29-34-39-46(5)8-3)44-55-49(52)41-36-31-25-22-19-17-15-14-16-18-20-23-28-33-38-45(4)7-2/h45-47H,6-44H2,1-5H3/t45?,46?,47-/m0/s1. The topological polar surface area (TPSA) is 78.9 Å². The average molecular weight is 793 g/mol. The number of rotatable bonds is 44. The lowest BCUT2D eigenvalue weighted by molar-refractivity contribution is -0.167. The summed E-state index contributed by atoms with van der Waals surface area (Å²) in [6, 6.07) is 0. The van der Waals surface area contributed by atoms with Crippen LogP contribution in [0, 0.1) is 11.8 Å². The number of ether oxygens (including phenoxy) is 3. The van der Waals surface area contributed by atoms with Crippen LogP contribution in [0.15, 0.2) is 0 Å². The van der Waals surface area contributed by atoms with Gasteiger partial charge in [-0.2, -0.15) is 0 Å². The zero-order valence-electron chi connectivity index (χ0n) is 38.3. The van der Waals surface area contributed by atoms with Gasteiger partial charge in [-0.1, -0.05) is 234 Å². The maximum atomic E-state index is 12.7. The molecule has 332 valence electrons. The number of carbonyl (C=O) groups excluding carboxylic acids is 3. The van der Waals surface area contributed by atoms with Crippen molar-refractivity contribution in [2.75, 3.05) is 13.2 Å². The first-order chi connectivity index (χ1) is 27.3. The largest absolute Gasteiger partial charge is 0.462 e. The van der Waals surface area contributed by atoms with Gasteiger partial charge in [-0.05, 0) is 31.1 Å². The summed E-state index contributed by atoms with van der Waals surface area (Å²) < 4.78 is 16.7. The minimum absolute atomic E-state index is 0.0650. The molecule has 0 N–H and O–H groups in total. The molecule has 0 amide bonds. The van der Waals surface area contributed by atoms with Gasteiger partial charge in [-0.25, -0.2) is 0 Å². The molecule has 0 aliphatic heterocycles. The fraction of sp³-hybridized carbons (Fsp3) is 0.940. The lowest BCUT2D eigenvalue weighted by Gasteiger charge is -2.18. The molecular formula is C50H96O6. The second-order valence-corrected chi connectivity index (χ2v) is 17.6. The number of esters is 3. The molecular weight excluding hydrogens is 697 g/mol. The summed E-state index contributed by atoms with van der Waals surface area (Å²) >= 11 is 0. The number of hydrogen-bond donors (Lipinski definition) is 0. The second kappa shape index (κ2) is 43.0. The molecule has 0 aliphatic rings. The first kappa shape index (κ1) is 54.4. The molecule has 6 heteroatoms. The number of carbonyl (C=O) groups is 3. The van der Waals surface area contributed by atoms with Crippen LogP contribution in [0.1, 0.15) is 272 Å². The lowest BCUT2D eigenvalue weighted by atomic mass is 9.99. The molecule has 0 rings (SSSR count). The molecule has 0 spiro atoms. The van der Waals surface area contributed by atoms with Crippen LogP contribution in [0.4, 0.5) is 0 Å². The van der Waals surface area contributed by atoms with Gasteiger partial charge in [0, 0.05) is 19.3 Å². The van der Waals surface area contributed by atoms with Crippen LogP contribution in [-0.2, 0) is 28.6 Å². The molecule has 0 radical (unpaired) electrons. The van der Waals surface area contributed by atoms with Gasteiger partial charge >= 0.3 is 17.9 Å². The summed E-state index contributed by atoms with van der Waals surface area (Å²) in [5, 5.41) is 0. The van der Waals surface area contributed by atoms with Crippen molar-refractivity contribution in [1.29, 1.82) is 0 Å². The summed E-state index contributed by atoms with van der Waals surface area (Å²) in [6.07, 6.45) is 42.3. The molecule has 0 heterocycles. The Balaban J connectivity index is 4.25. The monoisotopic (exact) mass is 793 g/mol. The molecule has 0 aromatic rings. The van der Waals surface area contributed by atoms with Crippen LogP contribution in [0.25, 0.3) is 0 Å². The van der Waals surface area contributed by atoms with E-state index >= 15 is 0 Å². The van der Waals surface area contributed by atoms with Crippen LogP contribution >= 0.6 is 0 Å². The smallest absolute Gasteiger partial charge is 0.306 e. The molecule has 0 fully saturated rings. The third kappa shape index (κ3) is 40.6. The van der Waals surface area contributed by atoms with E-state index in [9.17, 15) is 14.4 Å². The van der Waals surface area contributed by atoms with E-state index in [-0.39, 0.29) is 31.1 Å². The van der Waals surface area contributed by atoms with Gasteiger partial charge in [-0.3, -0.25) is 14.4 Å². The highest BCUT2D eigenvalue weighted by Gasteiger charge is 2.19.